The third kappa shape index (κ3) is 2.01. The van der Waals surface area contributed by atoms with Gasteiger partial charge in [-0.05, 0) is 61.4 Å². The summed E-state index contributed by atoms with van der Waals surface area (Å²) in [6, 6.07) is 10.6. The zero-order valence-corrected chi connectivity index (χ0v) is 11.3. The molecular weight excluding hydrogens is 240 g/mol. The van der Waals surface area contributed by atoms with Crippen molar-refractivity contribution >= 4 is 17.1 Å². The Hall–Kier alpha value is -1.41. The van der Waals surface area contributed by atoms with Gasteiger partial charge in [-0.15, -0.1) is 11.3 Å². The minimum absolute atomic E-state index is 0.163. The first-order chi connectivity index (χ1) is 8.75. The molecule has 1 aromatic heterocycles. The molecule has 92 valence electrons. The number of thiophene rings is 1. The van der Waals surface area contributed by atoms with Crippen LogP contribution in [0.2, 0.25) is 0 Å². The van der Waals surface area contributed by atoms with Gasteiger partial charge in [0.25, 0.3) is 0 Å². The molecule has 0 aliphatic heterocycles. The fourth-order valence-corrected chi connectivity index (χ4v) is 3.64. The van der Waals surface area contributed by atoms with Crippen molar-refractivity contribution < 1.29 is 4.79 Å². The molecular formula is C16H16OS. The zero-order chi connectivity index (χ0) is 12.5. The van der Waals surface area contributed by atoms with Gasteiger partial charge in [-0.2, -0.15) is 0 Å². The molecule has 18 heavy (non-hydrogen) atoms. The summed E-state index contributed by atoms with van der Waals surface area (Å²) >= 11 is 1.62. The minimum atomic E-state index is 0.163. The van der Waals surface area contributed by atoms with Crippen LogP contribution >= 0.6 is 11.3 Å². The molecule has 0 N–H and O–H groups in total. The summed E-state index contributed by atoms with van der Waals surface area (Å²) in [5.41, 5.74) is 4.34. The maximum Gasteiger partial charge on any atom is 0.169 e. The Morgan fingerprint density at radius 1 is 1.11 bits per heavy atom. The lowest BCUT2D eigenvalue weighted by Gasteiger charge is -2.18. The van der Waals surface area contributed by atoms with Crippen LogP contribution in [0.3, 0.4) is 0 Å². The molecule has 0 saturated heterocycles. The van der Waals surface area contributed by atoms with Crippen molar-refractivity contribution in [3.05, 3.63) is 46.3 Å². The summed E-state index contributed by atoms with van der Waals surface area (Å²) in [6.07, 6.45) is 4.97. The standard InChI is InChI=1S/C16H16OS/c1-11(17)15-9-10-16(18-15)14-8-4-6-12-5-2-3-7-13(12)14/h4,6,8-10H,2-3,5,7H2,1H3. The summed E-state index contributed by atoms with van der Waals surface area (Å²) in [5.74, 6) is 0.163. The molecule has 1 heterocycles. The second-order valence-electron chi connectivity index (χ2n) is 4.87. The Labute approximate surface area is 111 Å². The molecule has 3 rings (SSSR count). The number of benzene rings is 1. The van der Waals surface area contributed by atoms with Crippen molar-refractivity contribution in [1.29, 1.82) is 0 Å². The monoisotopic (exact) mass is 256 g/mol. The highest BCUT2D eigenvalue weighted by Crippen LogP contribution is 2.35. The summed E-state index contributed by atoms with van der Waals surface area (Å²) in [4.78, 5) is 13.5. The van der Waals surface area contributed by atoms with Gasteiger partial charge in [0.2, 0.25) is 0 Å². The third-order valence-corrected chi connectivity index (χ3v) is 4.83. The Balaban J connectivity index is 2.08. The van der Waals surface area contributed by atoms with Crippen molar-refractivity contribution in [2.24, 2.45) is 0 Å². The lowest BCUT2D eigenvalue weighted by atomic mass is 9.88. The average Bonchev–Trinajstić information content (AvgIpc) is 2.87. The highest BCUT2D eigenvalue weighted by Gasteiger charge is 2.15. The molecule has 0 radical (unpaired) electrons. The molecule has 1 nitrogen and oxygen atoms in total. The van der Waals surface area contributed by atoms with Crippen LogP contribution in [0.15, 0.2) is 30.3 Å². The fourth-order valence-electron chi connectivity index (χ4n) is 2.68. The molecule has 2 heteroatoms. The van der Waals surface area contributed by atoms with E-state index >= 15 is 0 Å². The first-order valence-corrected chi connectivity index (χ1v) is 7.29. The van der Waals surface area contributed by atoms with Crippen LogP contribution in [0, 0.1) is 0 Å². The van der Waals surface area contributed by atoms with E-state index in [4.69, 9.17) is 0 Å². The molecule has 0 unspecified atom stereocenters. The average molecular weight is 256 g/mol. The van der Waals surface area contributed by atoms with Gasteiger partial charge >= 0.3 is 0 Å². The van der Waals surface area contributed by atoms with Gasteiger partial charge in [0.05, 0.1) is 4.88 Å². The number of Topliss-reactive ketones (excluding diaryl/α,β-unsaturated/α-hetero) is 1. The van der Waals surface area contributed by atoms with E-state index in [1.165, 1.54) is 47.3 Å². The molecule has 0 fully saturated rings. The van der Waals surface area contributed by atoms with Gasteiger partial charge in [0, 0.05) is 4.88 Å². The summed E-state index contributed by atoms with van der Waals surface area (Å²) in [5, 5.41) is 0. The van der Waals surface area contributed by atoms with Gasteiger partial charge in [0.1, 0.15) is 0 Å². The van der Waals surface area contributed by atoms with E-state index in [0.717, 1.165) is 4.88 Å². The number of fused-ring (bicyclic) bond motifs is 1. The zero-order valence-electron chi connectivity index (χ0n) is 10.5. The first-order valence-electron chi connectivity index (χ1n) is 6.47. The topological polar surface area (TPSA) is 17.1 Å². The number of ketones is 1. The van der Waals surface area contributed by atoms with E-state index in [-0.39, 0.29) is 5.78 Å². The number of aryl methyl sites for hydroxylation is 1. The molecule has 0 atom stereocenters. The van der Waals surface area contributed by atoms with E-state index in [1.807, 2.05) is 6.07 Å². The Morgan fingerprint density at radius 2 is 1.94 bits per heavy atom. The van der Waals surface area contributed by atoms with Crippen molar-refractivity contribution in [1.82, 2.24) is 0 Å². The Kier molecular flexibility index (Phi) is 3.04. The van der Waals surface area contributed by atoms with E-state index < -0.39 is 0 Å². The van der Waals surface area contributed by atoms with Crippen molar-refractivity contribution in [3.63, 3.8) is 0 Å². The van der Waals surface area contributed by atoms with Gasteiger partial charge in [0.15, 0.2) is 5.78 Å². The van der Waals surface area contributed by atoms with Gasteiger partial charge in [-0.1, -0.05) is 18.2 Å². The highest BCUT2D eigenvalue weighted by atomic mass is 32.1. The van der Waals surface area contributed by atoms with Crippen molar-refractivity contribution in [2.45, 2.75) is 32.6 Å². The Morgan fingerprint density at radius 3 is 2.72 bits per heavy atom. The number of carbonyl (C=O) groups is 1. The molecule has 1 aliphatic carbocycles. The molecule has 0 saturated carbocycles. The normalized spacial score (nSPS) is 14.3. The second-order valence-corrected chi connectivity index (χ2v) is 5.95. The first kappa shape index (κ1) is 11.7. The number of hydrogen-bond acceptors (Lipinski definition) is 2. The van der Waals surface area contributed by atoms with E-state index in [9.17, 15) is 4.79 Å². The van der Waals surface area contributed by atoms with Crippen LogP contribution in [0.5, 0.6) is 0 Å². The lowest BCUT2D eigenvalue weighted by molar-refractivity contribution is 0.102. The molecule has 0 amide bonds. The molecule has 1 aliphatic rings. The SMILES string of the molecule is CC(=O)c1ccc(-c2cccc3c2CCCC3)s1. The van der Waals surface area contributed by atoms with E-state index in [2.05, 4.69) is 24.3 Å². The number of rotatable bonds is 2. The molecule has 0 spiro atoms. The molecule has 2 aromatic rings. The van der Waals surface area contributed by atoms with Gasteiger partial charge in [-0.25, -0.2) is 0 Å². The van der Waals surface area contributed by atoms with Crippen LogP contribution in [-0.2, 0) is 12.8 Å². The van der Waals surface area contributed by atoms with E-state index in [1.54, 1.807) is 18.3 Å². The second kappa shape index (κ2) is 4.69. The summed E-state index contributed by atoms with van der Waals surface area (Å²) < 4.78 is 0. The number of hydrogen-bond donors (Lipinski definition) is 0. The summed E-state index contributed by atoms with van der Waals surface area (Å²) in [6.45, 7) is 1.63. The third-order valence-electron chi connectivity index (χ3n) is 3.61. The van der Waals surface area contributed by atoms with E-state index in [0.29, 0.717) is 0 Å². The maximum absolute atomic E-state index is 11.4. The predicted molar refractivity (Wildman–Crippen MR) is 76.4 cm³/mol. The predicted octanol–water partition coefficient (Wildman–Crippen LogP) is 4.50. The highest BCUT2D eigenvalue weighted by molar-refractivity contribution is 7.17. The Bertz CT molecular complexity index is 595. The minimum Gasteiger partial charge on any atom is -0.294 e. The smallest absolute Gasteiger partial charge is 0.169 e. The van der Waals surface area contributed by atoms with Crippen LogP contribution < -0.4 is 0 Å². The lowest BCUT2D eigenvalue weighted by Crippen LogP contribution is -2.03. The molecule has 0 bridgehead atoms. The largest absolute Gasteiger partial charge is 0.294 e. The van der Waals surface area contributed by atoms with Crippen molar-refractivity contribution in [2.75, 3.05) is 0 Å². The van der Waals surface area contributed by atoms with Gasteiger partial charge < -0.3 is 0 Å². The van der Waals surface area contributed by atoms with Gasteiger partial charge in [-0.3, -0.25) is 4.79 Å². The van der Waals surface area contributed by atoms with Crippen LogP contribution in [-0.4, -0.2) is 5.78 Å². The molecule has 1 aromatic carbocycles. The fraction of sp³-hybridized carbons (Fsp3) is 0.312. The maximum atomic E-state index is 11.4. The number of carbonyl (C=O) groups excluding carboxylic acids is 1. The summed E-state index contributed by atoms with van der Waals surface area (Å²) in [7, 11) is 0. The quantitative estimate of drug-likeness (QED) is 0.723. The van der Waals surface area contributed by atoms with Crippen LogP contribution in [0.25, 0.3) is 10.4 Å². The van der Waals surface area contributed by atoms with Crippen molar-refractivity contribution in [3.8, 4) is 10.4 Å². The van der Waals surface area contributed by atoms with Crippen LogP contribution in [0.1, 0.15) is 40.6 Å². The van der Waals surface area contributed by atoms with Crippen LogP contribution in [0.4, 0.5) is 0 Å².